The van der Waals surface area contributed by atoms with Crippen molar-refractivity contribution in [2.45, 2.75) is 38.5 Å². The van der Waals surface area contributed by atoms with Crippen molar-refractivity contribution in [1.82, 2.24) is 14.3 Å². The summed E-state index contributed by atoms with van der Waals surface area (Å²) in [6, 6.07) is 11.1. The highest BCUT2D eigenvalue weighted by Gasteiger charge is 2.37. The molecule has 29 heavy (non-hydrogen) atoms. The van der Waals surface area contributed by atoms with Gasteiger partial charge in [0.25, 0.3) is 0 Å². The van der Waals surface area contributed by atoms with Gasteiger partial charge in [-0.2, -0.15) is 0 Å². The van der Waals surface area contributed by atoms with Crippen molar-refractivity contribution >= 4 is 11.7 Å². The number of aliphatic hydroxyl groups is 1. The number of amides is 1. The number of carboxylic acid groups (broad SMARTS) is 1. The zero-order valence-corrected chi connectivity index (χ0v) is 16.8. The molecular weight excluding hydrogens is 373 g/mol. The number of aryl methyl sites for hydroxylation is 1. The number of halogens is 1. The summed E-state index contributed by atoms with van der Waals surface area (Å²) in [6.45, 7) is 3.68. The first-order valence-electron chi connectivity index (χ1n) is 9.61. The smallest absolute Gasteiger partial charge is 0.407 e. The zero-order chi connectivity index (χ0) is 21.2. The van der Waals surface area contributed by atoms with Gasteiger partial charge in [-0.05, 0) is 36.6 Å². The first-order valence-corrected chi connectivity index (χ1v) is 9.61. The standard InChI is InChI=1S/C22H26FN3O3/c1-4-22(23,11-13-25(3)21(28)29)20(27)17-7-5-16(6-8-17)18-9-10-19-24-12-14-26(19)15(18)2/h5-10,12,14,20,27H,4,11,13H2,1-3H3,(H,28,29). The Hall–Kier alpha value is -2.93. The predicted octanol–water partition coefficient (Wildman–Crippen LogP) is 4.46. The Balaban J connectivity index is 1.82. The number of carbonyl (C=O) groups is 1. The number of imidazole rings is 1. The van der Waals surface area contributed by atoms with E-state index in [0.29, 0.717) is 5.56 Å². The Morgan fingerprint density at radius 1 is 1.28 bits per heavy atom. The van der Waals surface area contributed by atoms with E-state index in [1.165, 1.54) is 7.05 Å². The Morgan fingerprint density at radius 3 is 2.59 bits per heavy atom. The highest BCUT2D eigenvalue weighted by Crippen LogP contribution is 2.36. The van der Waals surface area contributed by atoms with Crippen LogP contribution in [0.4, 0.5) is 9.18 Å². The van der Waals surface area contributed by atoms with Gasteiger partial charge in [0.05, 0.1) is 0 Å². The lowest BCUT2D eigenvalue weighted by atomic mass is 9.86. The van der Waals surface area contributed by atoms with Gasteiger partial charge in [-0.15, -0.1) is 0 Å². The van der Waals surface area contributed by atoms with Crippen molar-refractivity contribution in [3.63, 3.8) is 0 Å². The van der Waals surface area contributed by atoms with Crippen LogP contribution in [0.15, 0.2) is 48.8 Å². The molecule has 0 radical (unpaired) electrons. The first kappa shape index (κ1) is 20.8. The van der Waals surface area contributed by atoms with Crippen molar-refractivity contribution in [3.05, 3.63) is 60.0 Å². The minimum Gasteiger partial charge on any atom is -0.465 e. The van der Waals surface area contributed by atoms with E-state index in [-0.39, 0.29) is 19.4 Å². The number of rotatable bonds is 7. The number of hydrogen-bond acceptors (Lipinski definition) is 3. The van der Waals surface area contributed by atoms with Crippen LogP contribution in [0.1, 0.15) is 37.1 Å². The molecule has 0 saturated carbocycles. The maximum Gasteiger partial charge on any atom is 0.407 e. The third-order valence-corrected chi connectivity index (χ3v) is 5.62. The molecule has 154 valence electrons. The molecule has 3 aromatic rings. The van der Waals surface area contributed by atoms with Crippen LogP contribution in [0.25, 0.3) is 16.8 Å². The summed E-state index contributed by atoms with van der Waals surface area (Å²) in [6.07, 6.45) is 1.21. The van der Waals surface area contributed by atoms with Crippen molar-refractivity contribution in [1.29, 1.82) is 0 Å². The van der Waals surface area contributed by atoms with E-state index in [1.807, 2.05) is 41.8 Å². The molecule has 7 heteroatoms. The van der Waals surface area contributed by atoms with Crippen LogP contribution in [0.2, 0.25) is 0 Å². The summed E-state index contributed by atoms with van der Waals surface area (Å²) in [5, 5.41) is 19.6. The van der Waals surface area contributed by atoms with Gasteiger partial charge >= 0.3 is 6.09 Å². The fraction of sp³-hybridized carbons (Fsp3) is 0.364. The number of alkyl halides is 1. The quantitative estimate of drug-likeness (QED) is 0.615. The molecule has 1 aromatic carbocycles. The Bertz CT molecular complexity index is 1000. The molecule has 2 N–H and O–H groups in total. The number of aliphatic hydroxyl groups excluding tert-OH is 1. The largest absolute Gasteiger partial charge is 0.465 e. The lowest BCUT2D eigenvalue weighted by molar-refractivity contribution is -0.0238. The average Bonchev–Trinajstić information content (AvgIpc) is 3.21. The van der Waals surface area contributed by atoms with E-state index in [9.17, 15) is 9.90 Å². The molecule has 6 nitrogen and oxygen atoms in total. The number of benzene rings is 1. The van der Waals surface area contributed by atoms with E-state index >= 15 is 4.39 Å². The summed E-state index contributed by atoms with van der Waals surface area (Å²) in [5.74, 6) is 0. The maximum atomic E-state index is 15.4. The highest BCUT2D eigenvalue weighted by molar-refractivity contribution is 5.68. The maximum absolute atomic E-state index is 15.4. The molecule has 3 rings (SSSR count). The minimum absolute atomic E-state index is 0.0128. The van der Waals surface area contributed by atoms with Crippen LogP contribution >= 0.6 is 0 Å². The molecule has 2 atom stereocenters. The Morgan fingerprint density at radius 2 is 1.97 bits per heavy atom. The summed E-state index contributed by atoms with van der Waals surface area (Å²) >= 11 is 0. The van der Waals surface area contributed by atoms with Crippen LogP contribution in [-0.4, -0.2) is 49.9 Å². The number of aromatic nitrogens is 2. The van der Waals surface area contributed by atoms with Crippen molar-refractivity contribution < 1.29 is 19.4 Å². The van der Waals surface area contributed by atoms with Gasteiger partial charge in [-0.1, -0.05) is 31.2 Å². The molecule has 0 aliphatic rings. The van der Waals surface area contributed by atoms with E-state index in [0.717, 1.165) is 27.4 Å². The van der Waals surface area contributed by atoms with Crippen LogP contribution in [-0.2, 0) is 0 Å². The fourth-order valence-electron chi connectivity index (χ4n) is 3.53. The third kappa shape index (κ3) is 4.10. The normalized spacial score (nSPS) is 14.5. The fourth-order valence-corrected chi connectivity index (χ4v) is 3.53. The second-order valence-electron chi connectivity index (χ2n) is 7.35. The van der Waals surface area contributed by atoms with E-state index in [1.54, 1.807) is 25.3 Å². The topological polar surface area (TPSA) is 78.1 Å². The van der Waals surface area contributed by atoms with Crippen LogP contribution in [0.3, 0.4) is 0 Å². The molecule has 0 aliphatic carbocycles. The average molecular weight is 399 g/mol. The van der Waals surface area contributed by atoms with Gasteiger partial charge in [0.2, 0.25) is 0 Å². The van der Waals surface area contributed by atoms with Gasteiger partial charge in [0.1, 0.15) is 17.4 Å². The molecule has 0 fully saturated rings. The summed E-state index contributed by atoms with van der Waals surface area (Å²) in [7, 11) is 1.39. The predicted molar refractivity (Wildman–Crippen MR) is 110 cm³/mol. The van der Waals surface area contributed by atoms with Crippen molar-refractivity contribution in [3.8, 4) is 11.1 Å². The number of fused-ring (bicyclic) bond motifs is 1. The SMILES string of the molecule is CCC(F)(CCN(C)C(=O)O)C(O)c1ccc(-c2ccc3nccn3c2C)cc1. The van der Waals surface area contributed by atoms with Gasteiger partial charge in [0.15, 0.2) is 0 Å². The van der Waals surface area contributed by atoms with Gasteiger partial charge in [-0.25, -0.2) is 14.2 Å². The molecule has 2 unspecified atom stereocenters. The second-order valence-corrected chi connectivity index (χ2v) is 7.35. The summed E-state index contributed by atoms with van der Waals surface area (Å²) in [5.41, 5.74) is 2.46. The lowest BCUT2D eigenvalue weighted by Gasteiger charge is -2.31. The Labute approximate surface area is 169 Å². The Kier molecular flexibility index (Phi) is 5.88. The zero-order valence-electron chi connectivity index (χ0n) is 16.8. The number of hydrogen-bond donors (Lipinski definition) is 2. The molecule has 0 spiro atoms. The van der Waals surface area contributed by atoms with Crippen LogP contribution < -0.4 is 0 Å². The minimum atomic E-state index is -1.91. The van der Waals surface area contributed by atoms with Crippen LogP contribution in [0.5, 0.6) is 0 Å². The van der Waals surface area contributed by atoms with Gasteiger partial charge < -0.3 is 19.5 Å². The molecule has 0 aliphatic heterocycles. The van der Waals surface area contributed by atoms with Gasteiger partial charge in [0, 0.05) is 43.7 Å². The highest BCUT2D eigenvalue weighted by atomic mass is 19.1. The molecule has 0 bridgehead atoms. The van der Waals surface area contributed by atoms with Gasteiger partial charge in [-0.3, -0.25) is 0 Å². The molecule has 1 amide bonds. The van der Waals surface area contributed by atoms with E-state index in [4.69, 9.17) is 5.11 Å². The number of nitrogens with zero attached hydrogens (tertiary/aromatic N) is 3. The molecular formula is C22H26FN3O3. The number of pyridine rings is 1. The van der Waals surface area contributed by atoms with Crippen LogP contribution in [0, 0.1) is 6.92 Å². The molecule has 0 saturated heterocycles. The van der Waals surface area contributed by atoms with E-state index in [2.05, 4.69) is 4.98 Å². The molecule has 2 aromatic heterocycles. The second kappa shape index (κ2) is 8.21. The lowest BCUT2D eigenvalue weighted by Crippen LogP contribution is -2.36. The first-order chi connectivity index (χ1) is 13.8. The van der Waals surface area contributed by atoms with E-state index < -0.39 is 17.9 Å². The molecule has 2 heterocycles. The summed E-state index contributed by atoms with van der Waals surface area (Å²) < 4.78 is 17.4. The third-order valence-electron chi connectivity index (χ3n) is 5.62. The summed E-state index contributed by atoms with van der Waals surface area (Å²) in [4.78, 5) is 16.2. The monoisotopic (exact) mass is 399 g/mol. The van der Waals surface area contributed by atoms with Crippen molar-refractivity contribution in [2.24, 2.45) is 0 Å². The van der Waals surface area contributed by atoms with Crippen molar-refractivity contribution in [2.75, 3.05) is 13.6 Å².